The molecule has 0 amide bonds. The van der Waals surface area contributed by atoms with E-state index in [-0.39, 0.29) is 5.82 Å². The van der Waals surface area contributed by atoms with Gasteiger partial charge in [0.1, 0.15) is 5.82 Å². The highest BCUT2D eigenvalue weighted by molar-refractivity contribution is 6.29. The zero-order valence-electron chi connectivity index (χ0n) is 7.40. The molecule has 0 spiro atoms. The molecule has 3 heteroatoms. The first-order valence-electron chi connectivity index (χ1n) is 3.93. The molecule has 1 aromatic carbocycles. The quantitative estimate of drug-likeness (QED) is 0.788. The second-order valence-corrected chi connectivity index (χ2v) is 3.37. The molecule has 0 heterocycles. The van der Waals surface area contributed by atoms with Crippen molar-refractivity contribution in [1.82, 2.24) is 0 Å². The van der Waals surface area contributed by atoms with E-state index < -0.39 is 0 Å². The van der Waals surface area contributed by atoms with Gasteiger partial charge in [0.25, 0.3) is 0 Å². The molecule has 0 radical (unpaired) electrons. The van der Waals surface area contributed by atoms with Gasteiger partial charge in [-0.1, -0.05) is 18.2 Å². The standard InChI is InChI=1S/C10H11ClFN/c1-7-5-9(3-4-10(7)12)13-6-8(2)11/h3-5,13H,2,6H2,1H3. The van der Waals surface area contributed by atoms with Gasteiger partial charge >= 0.3 is 0 Å². The number of halogens is 2. The third-order valence-electron chi connectivity index (χ3n) is 1.64. The number of nitrogens with one attached hydrogen (secondary N) is 1. The summed E-state index contributed by atoms with van der Waals surface area (Å²) in [6.45, 7) is 5.75. The Labute approximate surface area is 82.2 Å². The van der Waals surface area contributed by atoms with Crippen LogP contribution in [0.4, 0.5) is 10.1 Å². The number of aryl methyl sites for hydroxylation is 1. The predicted molar refractivity (Wildman–Crippen MR) is 54.6 cm³/mol. The first-order valence-corrected chi connectivity index (χ1v) is 4.30. The lowest BCUT2D eigenvalue weighted by Crippen LogP contribution is -2.01. The number of hydrogen-bond acceptors (Lipinski definition) is 1. The van der Waals surface area contributed by atoms with Crippen molar-refractivity contribution < 1.29 is 4.39 Å². The molecule has 0 aliphatic carbocycles. The lowest BCUT2D eigenvalue weighted by Gasteiger charge is -2.05. The van der Waals surface area contributed by atoms with Crippen LogP contribution in [0, 0.1) is 12.7 Å². The van der Waals surface area contributed by atoms with Gasteiger partial charge < -0.3 is 5.32 Å². The first-order chi connectivity index (χ1) is 6.09. The second kappa shape index (κ2) is 4.28. The summed E-state index contributed by atoms with van der Waals surface area (Å²) in [5.74, 6) is -0.199. The predicted octanol–water partition coefficient (Wildman–Crippen LogP) is 3.30. The Morgan fingerprint density at radius 2 is 2.31 bits per heavy atom. The van der Waals surface area contributed by atoms with Crippen molar-refractivity contribution in [3.8, 4) is 0 Å². The normalized spacial score (nSPS) is 9.77. The van der Waals surface area contributed by atoms with Crippen molar-refractivity contribution in [1.29, 1.82) is 0 Å². The van der Waals surface area contributed by atoms with Crippen molar-refractivity contribution in [2.45, 2.75) is 6.92 Å². The SMILES string of the molecule is C=C(Cl)CNc1ccc(F)c(C)c1. The minimum Gasteiger partial charge on any atom is -0.380 e. The Bertz CT molecular complexity index is 323. The van der Waals surface area contributed by atoms with E-state index in [1.807, 2.05) is 0 Å². The summed E-state index contributed by atoms with van der Waals surface area (Å²) in [5, 5.41) is 3.54. The van der Waals surface area contributed by atoms with E-state index in [1.165, 1.54) is 6.07 Å². The molecule has 0 atom stereocenters. The minimum atomic E-state index is -0.199. The van der Waals surface area contributed by atoms with Gasteiger partial charge in [-0.15, -0.1) is 0 Å². The van der Waals surface area contributed by atoms with Crippen LogP contribution in [-0.2, 0) is 0 Å². The third-order valence-corrected chi connectivity index (χ3v) is 1.78. The molecule has 1 rings (SSSR count). The number of hydrogen-bond donors (Lipinski definition) is 1. The van der Waals surface area contributed by atoms with Gasteiger partial charge in [-0.05, 0) is 30.7 Å². The fraction of sp³-hybridized carbons (Fsp3) is 0.200. The van der Waals surface area contributed by atoms with E-state index in [1.54, 1.807) is 19.1 Å². The molecule has 1 aromatic rings. The Balaban J connectivity index is 2.68. The summed E-state index contributed by atoms with van der Waals surface area (Å²) in [7, 11) is 0. The van der Waals surface area contributed by atoms with Crippen LogP contribution in [0.25, 0.3) is 0 Å². The van der Waals surface area contributed by atoms with Gasteiger partial charge in [-0.2, -0.15) is 0 Å². The molecular weight excluding hydrogens is 189 g/mol. The molecule has 0 bridgehead atoms. The summed E-state index contributed by atoms with van der Waals surface area (Å²) >= 11 is 5.57. The van der Waals surface area contributed by atoms with Gasteiger partial charge in [-0.3, -0.25) is 0 Å². The summed E-state index contributed by atoms with van der Waals surface area (Å²) < 4.78 is 12.8. The molecule has 70 valence electrons. The Hall–Kier alpha value is -1.02. The van der Waals surface area contributed by atoms with Gasteiger partial charge in [0, 0.05) is 10.7 Å². The molecule has 1 N–H and O–H groups in total. The second-order valence-electron chi connectivity index (χ2n) is 2.83. The lowest BCUT2D eigenvalue weighted by atomic mass is 10.2. The maximum atomic E-state index is 12.8. The van der Waals surface area contributed by atoms with Crippen LogP contribution in [0.5, 0.6) is 0 Å². The van der Waals surface area contributed by atoms with Crippen molar-refractivity contribution in [3.63, 3.8) is 0 Å². The van der Waals surface area contributed by atoms with Crippen molar-refractivity contribution in [3.05, 3.63) is 41.2 Å². The van der Waals surface area contributed by atoms with E-state index in [2.05, 4.69) is 11.9 Å². The first kappa shape index (κ1) is 10.1. The highest BCUT2D eigenvalue weighted by Gasteiger charge is 1.98. The van der Waals surface area contributed by atoms with Crippen molar-refractivity contribution in [2.75, 3.05) is 11.9 Å². The van der Waals surface area contributed by atoms with Crippen LogP contribution in [0.15, 0.2) is 29.8 Å². The fourth-order valence-electron chi connectivity index (χ4n) is 0.953. The Morgan fingerprint density at radius 3 is 2.85 bits per heavy atom. The van der Waals surface area contributed by atoms with E-state index in [0.29, 0.717) is 17.1 Å². The van der Waals surface area contributed by atoms with Crippen LogP contribution in [0.3, 0.4) is 0 Å². The van der Waals surface area contributed by atoms with E-state index >= 15 is 0 Å². The highest BCUT2D eigenvalue weighted by Crippen LogP contribution is 2.14. The summed E-state index contributed by atoms with van der Waals surface area (Å²) in [5.41, 5.74) is 1.46. The van der Waals surface area contributed by atoms with E-state index in [4.69, 9.17) is 11.6 Å². The molecule has 0 unspecified atom stereocenters. The van der Waals surface area contributed by atoms with Gasteiger partial charge in [0.2, 0.25) is 0 Å². The minimum absolute atomic E-state index is 0.199. The van der Waals surface area contributed by atoms with Crippen LogP contribution in [-0.4, -0.2) is 6.54 Å². The fourth-order valence-corrected chi connectivity index (χ4v) is 1.02. The summed E-state index contributed by atoms with van der Waals surface area (Å²) in [6, 6.07) is 4.83. The third kappa shape index (κ3) is 3.07. The van der Waals surface area contributed by atoms with Gasteiger partial charge in [0.05, 0.1) is 6.54 Å². The van der Waals surface area contributed by atoms with Gasteiger partial charge in [0.15, 0.2) is 0 Å². The lowest BCUT2D eigenvalue weighted by molar-refractivity contribution is 0.619. The molecule has 0 fully saturated rings. The number of rotatable bonds is 3. The Morgan fingerprint density at radius 1 is 1.62 bits per heavy atom. The summed E-state index contributed by atoms with van der Waals surface area (Å²) in [4.78, 5) is 0. The molecule has 13 heavy (non-hydrogen) atoms. The number of benzene rings is 1. The maximum Gasteiger partial charge on any atom is 0.126 e. The molecular formula is C10H11ClFN. The largest absolute Gasteiger partial charge is 0.380 e. The topological polar surface area (TPSA) is 12.0 Å². The molecule has 1 nitrogen and oxygen atoms in total. The molecule has 0 aromatic heterocycles. The van der Waals surface area contributed by atoms with Crippen molar-refractivity contribution in [2.24, 2.45) is 0 Å². The molecule has 0 aliphatic heterocycles. The van der Waals surface area contributed by atoms with E-state index in [9.17, 15) is 4.39 Å². The number of anilines is 1. The Kier molecular flexibility index (Phi) is 3.32. The molecule has 0 aliphatic rings. The zero-order valence-corrected chi connectivity index (χ0v) is 8.16. The highest BCUT2D eigenvalue weighted by atomic mass is 35.5. The maximum absolute atomic E-state index is 12.8. The zero-order chi connectivity index (χ0) is 9.84. The molecule has 0 saturated heterocycles. The average Bonchev–Trinajstić information content (AvgIpc) is 2.07. The van der Waals surface area contributed by atoms with E-state index in [0.717, 1.165) is 5.69 Å². The molecule has 0 saturated carbocycles. The van der Waals surface area contributed by atoms with Crippen LogP contribution >= 0.6 is 11.6 Å². The average molecular weight is 200 g/mol. The van der Waals surface area contributed by atoms with Gasteiger partial charge in [-0.25, -0.2) is 4.39 Å². The monoisotopic (exact) mass is 199 g/mol. The summed E-state index contributed by atoms with van der Waals surface area (Å²) in [6.07, 6.45) is 0. The van der Waals surface area contributed by atoms with Crippen molar-refractivity contribution >= 4 is 17.3 Å². The van der Waals surface area contributed by atoms with Crippen LogP contribution < -0.4 is 5.32 Å². The smallest absolute Gasteiger partial charge is 0.126 e. The van der Waals surface area contributed by atoms with Crippen LogP contribution in [0.2, 0.25) is 0 Å². The van der Waals surface area contributed by atoms with Crippen LogP contribution in [0.1, 0.15) is 5.56 Å².